The number of benzene rings is 1. The van der Waals surface area contributed by atoms with Gasteiger partial charge in [-0.25, -0.2) is 0 Å². The van der Waals surface area contributed by atoms with Crippen LogP contribution in [0.25, 0.3) is 0 Å². The minimum Gasteiger partial charge on any atom is -0.454 e. The van der Waals surface area contributed by atoms with Gasteiger partial charge in [0.15, 0.2) is 11.5 Å². The third-order valence-corrected chi connectivity index (χ3v) is 3.63. The van der Waals surface area contributed by atoms with Crippen molar-refractivity contribution in [3.8, 4) is 11.5 Å². The second-order valence-corrected chi connectivity index (χ2v) is 4.92. The first-order chi connectivity index (χ1) is 8.72. The quantitative estimate of drug-likeness (QED) is 0.903. The summed E-state index contributed by atoms with van der Waals surface area (Å²) < 4.78 is 10.5. The predicted octanol–water partition coefficient (Wildman–Crippen LogP) is 3.04. The van der Waals surface area contributed by atoms with Crippen LogP contribution in [0.2, 0.25) is 0 Å². The van der Waals surface area contributed by atoms with E-state index in [2.05, 4.69) is 5.32 Å². The second kappa shape index (κ2) is 4.34. The number of aryl methyl sites for hydroxylation is 1. The maximum Gasteiger partial charge on any atom is 0.265 e. The summed E-state index contributed by atoms with van der Waals surface area (Å²) in [6, 6.07) is 7.22. The normalized spacial score (nSPS) is 12.5. The highest BCUT2D eigenvalue weighted by Gasteiger charge is 2.15. The lowest BCUT2D eigenvalue weighted by Gasteiger charge is -2.04. The molecule has 0 fully saturated rings. The van der Waals surface area contributed by atoms with Crippen molar-refractivity contribution < 1.29 is 14.3 Å². The fourth-order valence-electron chi connectivity index (χ4n) is 1.72. The molecule has 0 aliphatic carbocycles. The van der Waals surface area contributed by atoms with E-state index in [-0.39, 0.29) is 12.7 Å². The number of ether oxygens (including phenoxy) is 2. The Morgan fingerprint density at radius 1 is 1.28 bits per heavy atom. The topological polar surface area (TPSA) is 47.6 Å². The van der Waals surface area contributed by atoms with Crippen LogP contribution in [0.3, 0.4) is 0 Å². The van der Waals surface area contributed by atoms with Crippen molar-refractivity contribution in [2.24, 2.45) is 0 Å². The van der Waals surface area contributed by atoms with Crippen LogP contribution in [0.4, 0.5) is 5.69 Å². The highest BCUT2D eigenvalue weighted by atomic mass is 32.1. The molecular formula is C13H11NO3S. The molecule has 0 bridgehead atoms. The third-order valence-electron chi connectivity index (χ3n) is 2.58. The van der Waals surface area contributed by atoms with E-state index in [0.717, 1.165) is 5.56 Å². The maximum atomic E-state index is 12.0. The SMILES string of the molecule is Cc1csc(C(=O)Nc2ccc3c(c2)OCO3)c1. The highest BCUT2D eigenvalue weighted by Crippen LogP contribution is 2.34. The van der Waals surface area contributed by atoms with Crippen LogP contribution in [0.5, 0.6) is 11.5 Å². The molecule has 1 amide bonds. The first kappa shape index (κ1) is 11.1. The van der Waals surface area contributed by atoms with Gasteiger partial charge in [-0.2, -0.15) is 0 Å². The Bertz CT molecular complexity index is 606. The smallest absolute Gasteiger partial charge is 0.265 e. The molecule has 0 spiro atoms. The van der Waals surface area contributed by atoms with E-state index in [1.807, 2.05) is 18.4 Å². The summed E-state index contributed by atoms with van der Waals surface area (Å²) in [6.45, 7) is 2.20. The molecule has 2 heterocycles. The fraction of sp³-hybridized carbons (Fsp3) is 0.154. The molecule has 5 heteroatoms. The molecule has 2 aromatic rings. The van der Waals surface area contributed by atoms with E-state index >= 15 is 0 Å². The molecule has 1 aliphatic rings. The van der Waals surface area contributed by atoms with Gasteiger partial charge in [0.05, 0.1) is 4.88 Å². The van der Waals surface area contributed by atoms with E-state index in [1.54, 1.807) is 18.2 Å². The lowest BCUT2D eigenvalue weighted by molar-refractivity contribution is 0.103. The van der Waals surface area contributed by atoms with Gasteiger partial charge in [0.25, 0.3) is 5.91 Å². The zero-order valence-electron chi connectivity index (χ0n) is 9.73. The number of rotatable bonds is 2. The van der Waals surface area contributed by atoms with Crippen LogP contribution >= 0.6 is 11.3 Å². The predicted molar refractivity (Wildman–Crippen MR) is 69.6 cm³/mol. The molecule has 3 rings (SSSR count). The minimum absolute atomic E-state index is 0.105. The lowest BCUT2D eigenvalue weighted by Crippen LogP contribution is -2.09. The summed E-state index contributed by atoms with van der Waals surface area (Å²) in [5, 5.41) is 4.79. The molecule has 0 atom stereocenters. The number of nitrogens with one attached hydrogen (secondary N) is 1. The summed E-state index contributed by atoms with van der Waals surface area (Å²) in [6.07, 6.45) is 0. The summed E-state index contributed by atoms with van der Waals surface area (Å²) in [5.41, 5.74) is 1.80. The maximum absolute atomic E-state index is 12.0. The van der Waals surface area contributed by atoms with E-state index in [1.165, 1.54) is 11.3 Å². The van der Waals surface area contributed by atoms with Crippen LogP contribution in [0.15, 0.2) is 29.6 Å². The first-order valence-electron chi connectivity index (χ1n) is 5.48. The Balaban J connectivity index is 1.78. The van der Waals surface area contributed by atoms with Crippen molar-refractivity contribution in [1.29, 1.82) is 0 Å². The van der Waals surface area contributed by atoms with Gasteiger partial charge < -0.3 is 14.8 Å². The van der Waals surface area contributed by atoms with Crippen molar-refractivity contribution in [1.82, 2.24) is 0 Å². The Kier molecular flexibility index (Phi) is 2.68. The Hall–Kier alpha value is -2.01. The van der Waals surface area contributed by atoms with Crippen LogP contribution in [0.1, 0.15) is 15.2 Å². The number of thiophene rings is 1. The van der Waals surface area contributed by atoms with Crippen molar-refractivity contribution in [3.05, 3.63) is 40.1 Å². The molecule has 4 nitrogen and oxygen atoms in total. The molecule has 92 valence electrons. The van der Waals surface area contributed by atoms with Crippen molar-refractivity contribution >= 4 is 22.9 Å². The lowest BCUT2D eigenvalue weighted by atomic mass is 10.2. The van der Waals surface area contributed by atoms with Gasteiger partial charge in [0.1, 0.15) is 0 Å². The monoisotopic (exact) mass is 261 g/mol. The standard InChI is InChI=1S/C13H11NO3S/c1-8-4-12(18-6-8)13(15)14-9-2-3-10-11(5-9)17-7-16-10/h2-6H,7H2,1H3,(H,14,15). The third kappa shape index (κ3) is 2.04. The van der Waals surface area contributed by atoms with Crippen molar-refractivity contribution in [2.45, 2.75) is 6.92 Å². The number of fused-ring (bicyclic) bond motifs is 1. The molecule has 1 aliphatic heterocycles. The molecule has 0 saturated carbocycles. The van der Waals surface area contributed by atoms with Crippen molar-refractivity contribution in [3.63, 3.8) is 0 Å². The average molecular weight is 261 g/mol. The van der Waals surface area contributed by atoms with Crippen LogP contribution in [-0.2, 0) is 0 Å². The highest BCUT2D eigenvalue weighted by molar-refractivity contribution is 7.12. The number of carbonyl (C=O) groups is 1. The fourth-order valence-corrected chi connectivity index (χ4v) is 2.51. The van der Waals surface area contributed by atoms with Gasteiger partial charge in [-0.3, -0.25) is 4.79 Å². The Labute approximate surface area is 108 Å². The molecule has 18 heavy (non-hydrogen) atoms. The van der Waals surface area contributed by atoms with Crippen LogP contribution in [-0.4, -0.2) is 12.7 Å². The van der Waals surface area contributed by atoms with E-state index in [4.69, 9.17) is 9.47 Å². The van der Waals surface area contributed by atoms with Crippen LogP contribution < -0.4 is 14.8 Å². The molecule has 1 aromatic heterocycles. The number of hydrogen-bond acceptors (Lipinski definition) is 4. The van der Waals surface area contributed by atoms with Gasteiger partial charge in [-0.15, -0.1) is 11.3 Å². The summed E-state index contributed by atoms with van der Waals surface area (Å²) in [4.78, 5) is 12.7. The van der Waals surface area contributed by atoms with Gasteiger partial charge in [0.2, 0.25) is 6.79 Å². The van der Waals surface area contributed by atoms with E-state index < -0.39 is 0 Å². The molecule has 1 aromatic carbocycles. The zero-order chi connectivity index (χ0) is 12.5. The molecule has 0 radical (unpaired) electrons. The molecule has 1 N–H and O–H groups in total. The summed E-state index contributed by atoms with van der Waals surface area (Å²) >= 11 is 1.43. The van der Waals surface area contributed by atoms with Crippen molar-refractivity contribution in [2.75, 3.05) is 12.1 Å². The summed E-state index contributed by atoms with van der Waals surface area (Å²) in [5.74, 6) is 1.27. The van der Waals surface area contributed by atoms with E-state index in [0.29, 0.717) is 22.1 Å². The largest absolute Gasteiger partial charge is 0.454 e. The first-order valence-corrected chi connectivity index (χ1v) is 6.36. The number of amides is 1. The Morgan fingerprint density at radius 2 is 2.11 bits per heavy atom. The molecule has 0 unspecified atom stereocenters. The van der Waals surface area contributed by atoms with E-state index in [9.17, 15) is 4.79 Å². The number of hydrogen-bond donors (Lipinski definition) is 1. The van der Waals surface area contributed by atoms with Gasteiger partial charge in [0, 0.05) is 11.8 Å². The molecule has 0 saturated heterocycles. The summed E-state index contributed by atoms with van der Waals surface area (Å²) in [7, 11) is 0. The average Bonchev–Trinajstić information content (AvgIpc) is 2.96. The molecular weight excluding hydrogens is 250 g/mol. The minimum atomic E-state index is -0.105. The van der Waals surface area contributed by atoms with Gasteiger partial charge in [-0.05, 0) is 36.1 Å². The van der Waals surface area contributed by atoms with Gasteiger partial charge in [-0.1, -0.05) is 0 Å². The number of anilines is 1. The second-order valence-electron chi connectivity index (χ2n) is 4.01. The zero-order valence-corrected chi connectivity index (χ0v) is 10.5. The van der Waals surface area contributed by atoms with Gasteiger partial charge >= 0.3 is 0 Å². The number of carbonyl (C=O) groups excluding carboxylic acids is 1. The Morgan fingerprint density at radius 3 is 2.89 bits per heavy atom. The van der Waals surface area contributed by atoms with Crippen LogP contribution in [0, 0.1) is 6.92 Å².